The molecule has 0 saturated carbocycles. The average molecular weight is 374 g/mol. The van der Waals surface area contributed by atoms with Gasteiger partial charge >= 0.3 is 5.97 Å². The molecule has 27 heavy (non-hydrogen) atoms. The SMILES string of the molecule is CCOC(=O)c1cnc(-c2ccc(C)cc2)n(CC(OCC)OCC)c1=O. The van der Waals surface area contributed by atoms with Crippen LogP contribution in [0, 0.1) is 6.92 Å². The summed E-state index contributed by atoms with van der Waals surface area (Å²) in [7, 11) is 0. The van der Waals surface area contributed by atoms with Crippen LogP contribution >= 0.6 is 0 Å². The number of ether oxygens (including phenoxy) is 3. The van der Waals surface area contributed by atoms with Crippen LogP contribution in [-0.4, -0.2) is 41.6 Å². The van der Waals surface area contributed by atoms with Crippen LogP contribution in [0.15, 0.2) is 35.3 Å². The molecule has 0 atom stereocenters. The number of nitrogens with zero attached hydrogens (tertiary/aromatic N) is 2. The zero-order valence-electron chi connectivity index (χ0n) is 16.2. The minimum Gasteiger partial charge on any atom is -0.462 e. The van der Waals surface area contributed by atoms with E-state index in [9.17, 15) is 9.59 Å². The van der Waals surface area contributed by atoms with Crippen LogP contribution in [0.3, 0.4) is 0 Å². The number of aromatic nitrogens is 2. The van der Waals surface area contributed by atoms with Crippen LogP contribution in [0.25, 0.3) is 11.4 Å². The maximum atomic E-state index is 13.0. The molecule has 1 aromatic heterocycles. The van der Waals surface area contributed by atoms with Gasteiger partial charge in [0.2, 0.25) is 0 Å². The van der Waals surface area contributed by atoms with Gasteiger partial charge < -0.3 is 14.2 Å². The lowest BCUT2D eigenvalue weighted by atomic mass is 10.1. The lowest BCUT2D eigenvalue weighted by Crippen LogP contribution is -2.35. The Morgan fingerprint density at radius 1 is 1.07 bits per heavy atom. The lowest BCUT2D eigenvalue weighted by molar-refractivity contribution is -0.143. The largest absolute Gasteiger partial charge is 0.462 e. The summed E-state index contributed by atoms with van der Waals surface area (Å²) in [6.07, 6.45) is 0.642. The van der Waals surface area contributed by atoms with Crippen LogP contribution < -0.4 is 5.56 Å². The van der Waals surface area contributed by atoms with Gasteiger partial charge in [0.05, 0.1) is 13.2 Å². The Morgan fingerprint density at radius 2 is 1.70 bits per heavy atom. The fourth-order valence-corrected chi connectivity index (χ4v) is 2.62. The van der Waals surface area contributed by atoms with E-state index in [0.717, 1.165) is 11.1 Å². The predicted molar refractivity (Wildman–Crippen MR) is 102 cm³/mol. The van der Waals surface area contributed by atoms with Gasteiger partial charge in [-0.05, 0) is 27.7 Å². The lowest BCUT2D eigenvalue weighted by Gasteiger charge is -2.20. The maximum absolute atomic E-state index is 13.0. The first-order valence-corrected chi connectivity index (χ1v) is 9.08. The van der Waals surface area contributed by atoms with E-state index in [2.05, 4.69) is 4.98 Å². The van der Waals surface area contributed by atoms with Crippen molar-refractivity contribution < 1.29 is 19.0 Å². The van der Waals surface area contributed by atoms with E-state index in [1.807, 2.05) is 45.0 Å². The van der Waals surface area contributed by atoms with E-state index >= 15 is 0 Å². The van der Waals surface area contributed by atoms with Crippen molar-refractivity contribution in [3.8, 4) is 11.4 Å². The molecule has 0 aliphatic rings. The quantitative estimate of drug-likeness (QED) is 0.496. The molecule has 0 aliphatic carbocycles. The van der Waals surface area contributed by atoms with Crippen molar-refractivity contribution in [2.45, 2.75) is 40.5 Å². The Balaban J connectivity index is 2.55. The van der Waals surface area contributed by atoms with Crippen molar-refractivity contribution in [1.29, 1.82) is 0 Å². The number of hydrogen-bond donors (Lipinski definition) is 0. The molecule has 2 rings (SSSR count). The molecule has 0 saturated heterocycles. The van der Waals surface area contributed by atoms with Crippen LogP contribution in [0.2, 0.25) is 0 Å². The van der Waals surface area contributed by atoms with Gasteiger partial charge in [0, 0.05) is 25.0 Å². The second kappa shape index (κ2) is 9.99. The normalized spacial score (nSPS) is 11.0. The predicted octanol–water partition coefficient (Wildman–Crippen LogP) is 2.79. The molecule has 1 heterocycles. The van der Waals surface area contributed by atoms with Crippen molar-refractivity contribution in [1.82, 2.24) is 9.55 Å². The van der Waals surface area contributed by atoms with E-state index in [-0.39, 0.29) is 18.7 Å². The number of benzene rings is 1. The molecule has 2 aromatic rings. The van der Waals surface area contributed by atoms with E-state index in [1.54, 1.807) is 6.92 Å². The first-order chi connectivity index (χ1) is 13.0. The summed E-state index contributed by atoms with van der Waals surface area (Å²) < 4.78 is 17.5. The Morgan fingerprint density at radius 3 is 2.26 bits per heavy atom. The molecule has 0 bridgehead atoms. The summed E-state index contributed by atoms with van der Waals surface area (Å²) in [6.45, 7) is 8.53. The zero-order chi connectivity index (χ0) is 19.8. The summed E-state index contributed by atoms with van der Waals surface area (Å²) in [4.78, 5) is 29.5. The van der Waals surface area contributed by atoms with Crippen molar-refractivity contribution in [2.75, 3.05) is 19.8 Å². The summed E-state index contributed by atoms with van der Waals surface area (Å²) in [6, 6.07) is 7.64. The van der Waals surface area contributed by atoms with Gasteiger partial charge in [0.1, 0.15) is 11.4 Å². The first-order valence-electron chi connectivity index (χ1n) is 9.08. The summed E-state index contributed by atoms with van der Waals surface area (Å²) >= 11 is 0. The second-order valence-electron chi connectivity index (χ2n) is 5.84. The number of carbonyl (C=O) groups excluding carboxylic acids is 1. The molecule has 1 aromatic carbocycles. The van der Waals surface area contributed by atoms with Gasteiger partial charge in [-0.1, -0.05) is 29.8 Å². The molecule has 0 radical (unpaired) electrons. The van der Waals surface area contributed by atoms with E-state index in [1.165, 1.54) is 10.8 Å². The van der Waals surface area contributed by atoms with Gasteiger partial charge in [-0.15, -0.1) is 0 Å². The number of carbonyl (C=O) groups is 1. The highest BCUT2D eigenvalue weighted by molar-refractivity contribution is 5.88. The summed E-state index contributed by atoms with van der Waals surface area (Å²) in [5.74, 6) is -0.249. The highest BCUT2D eigenvalue weighted by Gasteiger charge is 2.21. The molecule has 0 spiro atoms. The summed E-state index contributed by atoms with van der Waals surface area (Å²) in [5, 5.41) is 0. The Labute approximate surface area is 158 Å². The maximum Gasteiger partial charge on any atom is 0.345 e. The smallest absolute Gasteiger partial charge is 0.345 e. The zero-order valence-corrected chi connectivity index (χ0v) is 16.2. The molecule has 0 N–H and O–H groups in total. The van der Waals surface area contributed by atoms with E-state index < -0.39 is 17.8 Å². The minimum atomic E-state index is -0.691. The molecule has 0 unspecified atom stereocenters. The Kier molecular flexibility index (Phi) is 7.69. The van der Waals surface area contributed by atoms with E-state index in [4.69, 9.17) is 14.2 Å². The average Bonchev–Trinajstić information content (AvgIpc) is 2.64. The highest BCUT2D eigenvalue weighted by atomic mass is 16.7. The third-order valence-corrected chi connectivity index (χ3v) is 3.89. The topological polar surface area (TPSA) is 79.7 Å². The third kappa shape index (κ3) is 5.24. The van der Waals surface area contributed by atoms with Crippen molar-refractivity contribution in [3.63, 3.8) is 0 Å². The van der Waals surface area contributed by atoms with Gasteiger partial charge in [-0.3, -0.25) is 9.36 Å². The fourth-order valence-electron chi connectivity index (χ4n) is 2.62. The van der Waals surface area contributed by atoms with Crippen molar-refractivity contribution >= 4 is 5.97 Å². The molecule has 0 aliphatic heterocycles. The van der Waals surface area contributed by atoms with Crippen LogP contribution in [0.4, 0.5) is 0 Å². The van der Waals surface area contributed by atoms with Crippen LogP contribution in [-0.2, 0) is 20.8 Å². The minimum absolute atomic E-state index is 0.112. The number of esters is 1. The molecule has 7 nitrogen and oxygen atoms in total. The molecule has 7 heteroatoms. The van der Waals surface area contributed by atoms with Crippen LogP contribution in [0.5, 0.6) is 0 Å². The van der Waals surface area contributed by atoms with Crippen LogP contribution in [0.1, 0.15) is 36.7 Å². The molecule has 0 amide bonds. The van der Waals surface area contributed by atoms with Gasteiger partial charge in [0.25, 0.3) is 5.56 Å². The summed E-state index contributed by atoms with van der Waals surface area (Å²) in [5.41, 5.74) is 1.26. The number of rotatable bonds is 9. The van der Waals surface area contributed by atoms with Crippen molar-refractivity contribution in [2.24, 2.45) is 0 Å². The first kappa shape index (κ1) is 20.8. The van der Waals surface area contributed by atoms with Gasteiger partial charge in [-0.2, -0.15) is 0 Å². The van der Waals surface area contributed by atoms with Gasteiger partial charge in [-0.25, -0.2) is 9.78 Å². The second-order valence-corrected chi connectivity index (χ2v) is 5.84. The monoisotopic (exact) mass is 374 g/mol. The third-order valence-electron chi connectivity index (χ3n) is 3.89. The standard InChI is InChI=1S/C20H26N2O5/c1-5-25-17(26-6-2)13-22-18(15-10-8-14(4)9-11-15)21-12-16(19(22)23)20(24)27-7-3/h8-12,17H,5-7,13H2,1-4H3. The van der Waals surface area contributed by atoms with E-state index in [0.29, 0.717) is 19.0 Å². The molecule has 0 fully saturated rings. The molecular formula is C20H26N2O5. The Hall–Kier alpha value is -2.51. The Bertz CT molecular complexity index is 808. The van der Waals surface area contributed by atoms with Crippen molar-refractivity contribution in [3.05, 3.63) is 51.9 Å². The highest BCUT2D eigenvalue weighted by Crippen LogP contribution is 2.18. The molecular weight excluding hydrogens is 348 g/mol. The number of aryl methyl sites for hydroxylation is 1. The number of hydrogen-bond acceptors (Lipinski definition) is 6. The van der Waals surface area contributed by atoms with Gasteiger partial charge in [0.15, 0.2) is 6.29 Å². The molecule has 146 valence electrons. The fraction of sp³-hybridized carbons (Fsp3) is 0.450.